The van der Waals surface area contributed by atoms with Crippen LogP contribution in [0.1, 0.15) is 270 Å². The zero-order valence-corrected chi connectivity index (χ0v) is 43.3. The van der Waals surface area contributed by atoms with E-state index in [0.29, 0.717) is 19.4 Å². The molecule has 0 saturated heterocycles. The summed E-state index contributed by atoms with van der Waals surface area (Å²) in [5.41, 5.74) is 0.922. The lowest BCUT2D eigenvalue weighted by Gasteiger charge is -2.08. The molecule has 0 fully saturated rings. The molecule has 0 aliphatic rings. The first-order valence-electron chi connectivity index (χ1n) is 27.4. The van der Waals surface area contributed by atoms with Crippen molar-refractivity contribution in [2.24, 2.45) is 0 Å². The molecule has 66 heavy (non-hydrogen) atoms. The fourth-order valence-electron chi connectivity index (χ4n) is 7.62. The number of benzene rings is 1. The summed E-state index contributed by atoms with van der Waals surface area (Å²) in [7, 11) is 1.49. The summed E-state index contributed by atoms with van der Waals surface area (Å²) in [5.74, 6) is -1.08. The molecular weight excluding hydrogens is 829 g/mol. The second-order valence-corrected chi connectivity index (χ2v) is 18.3. The van der Waals surface area contributed by atoms with Gasteiger partial charge in [-0.25, -0.2) is 4.79 Å². The molecule has 1 atom stereocenters. The Kier molecular flexibility index (Phi) is 54.0. The third kappa shape index (κ3) is 52.1. The molecule has 1 unspecified atom stereocenters. The number of carbonyl (C=O) groups is 3. The van der Waals surface area contributed by atoms with Gasteiger partial charge in [-0.1, -0.05) is 263 Å². The van der Waals surface area contributed by atoms with E-state index in [1.807, 2.05) is 30.3 Å². The molecule has 0 heterocycles. The van der Waals surface area contributed by atoms with Crippen molar-refractivity contribution in [2.75, 3.05) is 26.9 Å². The summed E-state index contributed by atoms with van der Waals surface area (Å²) in [6.45, 7) is 6.72. The summed E-state index contributed by atoms with van der Waals surface area (Å²) in [4.78, 5) is 33.6. The van der Waals surface area contributed by atoms with Crippen LogP contribution >= 0.6 is 0 Å². The number of methoxy groups -OCH3 is 1. The number of aliphatic hydroxyl groups excluding tert-OH is 2. The zero-order valence-electron chi connectivity index (χ0n) is 43.3. The van der Waals surface area contributed by atoms with E-state index in [0.717, 1.165) is 44.1 Å². The van der Waals surface area contributed by atoms with Crippen LogP contribution < -0.4 is 0 Å². The Hall–Kier alpha value is -2.91. The van der Waals surface area contributed by atoms with E-state index >= 15 is 0 Å². The summed E-state index contributed by atoms with van der Waals surface area (Å²) < 4.78 is 15.2. The van der Waals surface area contributed by atoms with E-state index < -0.39 is 18.0 Å². The molecule has 1 rings (SSSR count). The van der Waals surface area contributed by atoms with Crippen molar-refractivity contribution in [2.45, 2.75) is 271 Å². The van der Waals surface area contributed by atoms with Crippen LogP contribution in [0.2, 0.25) is 0 Å². The molecule has 386 valence electrons. The molecule has 0 amide bonds. The lowest BCUT2D eigenvalue weighted by atomic mass is 10.0. The highest BCUT2D eigenvalue weighted by atomic mass is 16.6. The van der Waals surface area contributed by atoms with Crippen molar-refractivity contribution in [1.29, 1.82) is 0 Å². The van der Waals surface area contributed by atoms with Gasteiger partial charge in [0, 0.05) is 12.8 Å². The van der Waals surface area contributed by atoms with Crippen LogP contribution in [-0.2, 0) is 28.6 Å². The van der Waals surface area contributed by atoms with Gasteiger partial charge < -0.3 is 29.5 Å². The number of rotatable bonds is 45. The van der Waals surface area contributed by atoms with Crippen molar-refractivity contribution in [3.63, 3.8) is 0 Å². The topological polar surface area (TPSA) is 140 Å². The van der Waals surface area contributed by atoms with Crippen LogP contribution in [0.3, 0.4) is 0 Å². The lowest BCUT2D eigenvalue weighted by molar-refractivity contribution is -0.147. The number of hydrogen-bond acceptors (Lipinski definition) is 8. The van der Waals surface area contributed by atoms with Crippen molar-refractivity contribution < 1.29 is 43.9 Å². The minimum atomic E-state index is -0.954. The van der Waals surface area contributed by atoms with Crippen molar-refractivity contribution in [3.8, 4) is 0 Å². The first-order chi connectivity index (χ1) is 32.2. The molecule has 0 radical (unpaired) electrons. The molecule has 9 heteroatoms. The number of carboxylic acid groups (broad SMARTS) is 1. The van der Waals surface area contributed by atoms with Crippen molar-refractivity contribution >= 4 is 24.0 Å². The minimum absolute atomic E-state index is 0.103. The quantitative estimate of drug-likeness (QED) is 0.0252. The fourth-order valence-corrected chi connectivity index (χ4v) is 7.62. The van der Waals surface area contributed by atoms with Crippen LogP contribution in [0.5, 0.6) is 0 Å². The molecule has 1 aromatic rings. The highest BCUT2D eigenvalue weighted by Crippen LogP contribution is 2.16. The second kappa shape index (κ2) is 54.7. The Balaban J connectivity index is 0. The van der Waals surface area contributed by atoms with Crippen molar-refractivity contribution in [3.05, 3.63) is 41.7 Å². The zero-order chi connectivity index (χ0) is 48.8. The lowest BCUT2D eigenvalue weighted by Crippen LogP contribution is -2.21. The molecule has 0 spiro atoms. The van der Waals surface area contributed by atoms with E-state index in [1.54, 1.807) is 6.08 Å². The van der Waals surface area contributed by atoms with Crippen LogP contribution in [-0.4, -0.2) is 66.3 Å². The number of unbranched alkanes of at least 4 members (excludes halogenated alkanes) is 33. The van der Waals surface area contributed by atoms with E-state index in [4.69, 9.17) is 29.5 Å². The molecule has 0 saturated carbocycles. The number of aliphatic carboxylic acids is 1. The van der Waals surface area contributed by atoms with Gasteiger partial charge in [-0.15, -0.1) is 0 Å². The number of ether oxygens (including phenoxy) is 3. The summed E-state index contributed by atoms with van der Waals surface area (Å²) >= 11 is 0. The highest BCUT2D eigenvalue weighted by molar-refractivity contribution is 5.91. The standard InChI is InChI=1S/C21H42O4.C18H26O3.C18H36O2/c1-2-3-4-5-6-7-8-9-10-11-12-13-14-15-16-17-21(24)25-19-20(23)18-22;1-3-4-5-6-7-11-14-21-18(19)17(20-2)15-16-12-9-8-10-13-16;1-2-3-4-5-6-7-8-9-10-11-12-13-14-15-16-17-18(19)20/h20,22-23H,2-19H2,1H3;8-10,12-13,15H,3-7,11,14H2,1-2H3;2-17H2,1H3,(H,19,20). The predicted octanol–water partition coefficient (Wildman–Crippen LogP) is 16.1. The maximum Gasteiger partial charge on any atom is 0.373 e. The second-order valence-electron chi connectivity index (χ2n) is 18.3. The summed E-state index contributed by atoms with van der Waals surface area (Å²) in [5, 5.41) is 26.2. The Morgan fingerprint density at radius 3 is 1.20 bits per heavy atom. The van der Waals surface area contributed by atoms with Gasteiger partial charge >= 0.3 is 17.9 Å². The van der Waals surface area contributed by atoms with Crippen LogP contribution in [0.25, 0.3) is 6.08 Å². The summed E-state index contributed by atoms with van der Waals surface area (Å²) in [6.07, 6.45) is 48.0. The highest BCUT2D eigenvalue weighted by Gasteiger charge is 2.11. The Morgan fingerprint density at radius 2 is 0.848 bits per heavy atom. The fraction of sp³-hybridized carbons (Fsp3) is 0.807. The molecule has 3 N–H and O–H groups in total. The average Bonchev–Trinajstić information content (AvgIpc) is 3.32. The SMILES string of the molecule is CCCCCCCCCCCCCCCCCC(=O)O.CCCCCCCCCCCCCCCCCC(=O)OCC(O)CO.CCCCCCCCOC(=O)C(=Cc1ccccc1)OC. The predicted molar refractivity (Wildman–Crippen MR) is 277 cm³/mol. The molecule has 0 aliphatic carbocycles. The van der Waals surface area contributed by atoms with Gasteiger partial charge in [0.1, 0.15) is 12.7 Å². The number of esters is 2. The molecule has 9 nitrogen and oxygen atoms in total. The van der Waals surface area contributed by atoms with E-state index in [9.17, 15) is 14.4 Å². The normalized spacial score (nSPS) is 11.5. The van der Waals surface area contributed by atoms with Crippen LogP contribution in [0, 0.1) is 0 Å². The average molecular weight is 933 g/mol. The van der Waals surface area contributed by atoms with Gasteiger partial charge in [0.15, 0.2) is 0 Å². The van der Waals surface area contributed by atoms with Gasteiger partial charge in [-0.3, -0.25) is 9.59 Å². The van der Waals surface area contributed by atoms with E-state index in [1.165, 1.54) is 200 Å². The Labute approximate surface area is 406 Å². The number of carbonyl (C=O) groups excluding carboxylic acids is 2. The number of carboxylic acids is 1. The van der Waals surface area contributed by atoms with Gasteiger partial charge in [0.05, 0.1) is 20.3 Å². The Bertz CT molecular complexity index is 1190. The number of hydrogen-bond donors (Lipinski definition) is 3. The first-order valence-corrected chi connectivity index (χ1v) is 27.4. The van der Waals surface area contributed by atoms with E-state index in [2.05, 4.69) is 20.8 Å². The van der Waals surface area contributed by atoms with Gasteiger partial charge in [0.25, 0.3) is 0 Å². The molecule has 0 aliphatic heterocycles. The molecule has 1 aromatic carbocycles. The van der Waals surface area contributed by atoms with Crippen LogP contribution in [0.4, 0.5) is 0 Å². The summed E-state index contributed by atoms with van der Waals surface area (Å²) in [6, 6.07) is 9.60. The number of aliphatic hydroxyl groups is 2. The smallest absolute Gasteiger partial charge is 0.373 e. The first kappa shape index (κ1) is 65.2. The van der Waals surface area contributed by atoms with Crippen LogP contribution in [0.15, 0.2) is 36.1 Å². The van der Waals surface area contributed by atoms with Crippen molar-refractivity contribution in [1.82, 2.24) is 0 Å². The maximum atomic E-state index is 11.9. The third-order valence-corrected chi connectivity index (χ3v) is 11.9. The van der Waals surface area contributed by atoms with E-state index in [-0.39, 0.29) is 24.9 Å². The Morgan fingerprint density at radius 1 is 0.500 bits per heavy atom. The van der Waals surface area contributed by atoms with Gasteiger partial charge in [-0.2, -0.15) is 0 Å². The maximum absolute atomic E-state index is 11.9. The monoisotopic (exact) mass is 933 g/mol. The molecule has 0 aromatic heterocycles. The molecule has 0 bridgehead atoms. The third-order valence-electron chi connectivity index (χ3n) is 11.9. The van der Waals surface area contributed by atoms with Gasteiger partial charge in [0.2, 0.25) is 5.76 Å². The minimum Gasteiger partial charge on any atom is -0.490 e. The van der Waals surface area contributed by atoms with Gasteiger partial charge in [-0.05, 0) is 30.9 Å². The molecular formula is C57H104O9. The largest absolute Gasteiger partial charge is 0.490 e.